The van der Waals surface area contributed by atoms with Crippen molar-refractivity contribution in [3.63, 3.8) is 0 Å². The van der Waals surface area contributed by atoms with E-state index in [4.69, 9.17) is 11.6 Å². The van der Waals surface area contributed by atoms with E-state index in [2.05, 4.69) is 4.90 Å². The van der Waals surface area contributed by atoms with Gasteiger partial charge in [-0.1, -0.05) is 17.7 Å². The summed E-state index contributed by atoms with van der Waals surface area (Å²) >= 11 is 6.03. The Morgan fingerprint density at radius 1 is 1.33 bits per heavy atom. The lowest BCUT2D eigenvalue weighted by atomic mass is 9.78. The Kier molecular flexibility index (Phi) is 6.08. The number of piperidine rings is 1. The molecular formula is C20H28ClN3O3. The summed E-state index contributed by atoms with van der Waals surface area (Å²) in [5.41, 5.74) is 0.602. The molecule has 0 radical (unpaired) electrons. The number of rotatable bonds is 5. The summed E-state index contributed by atoms with van der Waals surface area (Å²) in [5, 5.41) is 10.4. The van der Waals surface area contributed by atoms with Crippen LogP contribution in [0.4, 0.5) is 5.69 Å². The molecule has 2 fully saturated rings. The zero-order valence-electron chi connectivity index (χ0n) is 16.0. The first-order valence-corrected chi connectivity index (χ1v) is 9.82. The number of aliphatic hydroxyl groups excluding tert-OH is 1. The molecule has 7 heteroatoms. The lowest BCUT2D eigenvalue weighted by molar-refractivity contribution is -0.138. The molecule has 1 unspecified atom stereocenters. The van der Waals surface area contributed by atoms with Crippen LogP contribution in [0.1, 0.15) is 19.3 Å². The lowest BCUT2D eigenvalue weighted by Crippen LogP contribution is -2.50. The van der Waals surface area contributed by atoms with Crippen LogP contribution in [0.2, 0.25) is 5.02 Å². The molecule has 2 heterocycles. The van der Waals surface area contributed by atoms with Crippen LogP contribution in [-0.4, -0.2) is 73.6 Å². The molecule has 1 atom stereocenters. The molecule has 0 saturated carbocycles. The monoisotopic (exact) mass is 393 g/mol. The molecule has 1 N–H and O–H groups in total. The lowest BCUT2D eigenvalue weighted by Gasteiger charge is -2.42. The first-order chi connectivity index (χ1) is 12.8. The van der Waals surface area contributed by atoms with Crippen LogP contribution in [0.5, 0.6) is 0 Å². The molecule has 2 aliphatic rings. The van der Waals surface area contributed by atoms with Crippen LogP contribution < -0.4 is 4.90 Å². The van der Waals surface area contributed by atoms with Gasteiger partial charge >= 0.3 is 0 Å². The van der Waals surface area contributed by atoms with Crippen molar-refractivity contribution in [3.05, 3.63) is 29.3 Å². The summed E-state index contributed by atoms with van der Waals surface area (Å²) in [6, 6.07) is 7.17. The summed E-state index contributed by atoms with van der Waals surface area (Å²) < 4.78 is 0. The SMILES string of the molecule is CN(C)CC1(CO)CCN(C(=O)C2CC(=O)N(c3cccc(Cl)c3)C2)CC1. The third-order valence-corrected chi connectivity index (χ3v) is 5.95. The third-order valence-electron chi connectivity index (χ3n) is 5.72. The number of hydrogen-bond acceptors (Lipinski definition) is 4. The van der Waals surface area contributed by atoms with E-state index in [1.54, 1.807) is 17.0 Å². The van der Waals surface area contributed by atoms with Crippen LogP contribution >= 0.6 is 11.6 Å². The van der Waals surface area contributed by atoms with Gasteiger partial charge in [0.2, 0.25) is 11.8 Å². The molecule has 0 spiro atoms. The number of anilines is 1. The molecule has 1 aromatic carbocycles. The standard InChI is InChI=1S/C20H28ClN3O3/c1-22(2)13-20(14-25)6-8-23(9-7-20)19(27)15-10-18(26)24(12-15)17-5-3-4-16(21)11-17/h3-5,11,15,25H,6-10,12-14H2,1-2H3. The van der Waals surface area contributed by atoms with Gasteiger partial charge in [0.05, 0.1) is 12.5 Å². The van der Waals surface area contributed by atoms with Crippen molar-refractivity contribution < 1.29 is 14.7 Å². The molecule has 0 aliphatic carbocycles. The first kappa shape index (κ1) is 20.1. The number of hydrogen-bond donors (Lipinski definition) is 1. The zero-order valence-corrected chi connectivity index (χ0v) is 16.8. The van der Waals surface area contributed by atoms with E-state index in [0.29, 0.717) is 24.7 Å². The van der Waals surface area contributed by atoms with Gasteiger partial charge in [-0.05, 0) is 45.1 Å². The molecule has 27 heavy (non-hydrogen) atoms. The van der Waals surface area contributed by atoms with Crippen LogP contribution in [-0.2, 0) is 9.59 Å². The average Bonchev–Trinajstić information content (AvgIpc) is 3.03. The third kappa shape index (κ3) is 4.45. The minimum Gasteiger partial charge on any atom is -0.396 e. The van der Waals surface area contributed by atoms with E-state index in [0.717, 1.165) is 25.1 Å². The van der Waals surface area contributed by atoms with Crippen molar-refractivity contribution in [2.24, 2.45) is 11.3 Å². The number of benzene rings is 1. The number of nitrogens with zero attached hydrogens (tertiary/aromatic N) is 3. The second kappa shape index (κ2) is 8.17. The van der Waals surface area contributed by atoms with Crippen molar-refractivity contribution >= 4 is 29.1 Å². The quantitative estimate of drug-likeness (QED) is 0.829. The zero-order chi connectivity index (χ0) is 19.6. The van der Waals surface area contributed by atoms with Gasteiger partial charge in [0, 0.05) is 48.7 Å². The van der Waals surface area contributed by atoms with Crippen LogP contribution in [0, 0.1) is 11.3 Å². The molecule has 3 rings (SSSR count). The van der Waals surface area contributed by atoms with Crippen molar-refractivity contribution in [2.45, 2.75) is 19.3 Å². The van der Waals surface area contributed by atoms with Gasteiger partial charge in [0.1, 0.15) is 0 Å². The summed E-state index contributed by atoms with van der Waals surface area (Å²) in [6.07, 6.45) is 1.81. The molecule has 1 aromatic rings. The van der Waals surface area contributed by atoms with E-state index < -0.39 is 0 Å². The second-order valence-electron chi connectivity index (χ2n) is 8.11. The molecule has 148 valence electrons. The van der Waals surface area contributed by atoms with Gasteiger partial charge in [-0.2, -0.15) is 0 Å². The Morgan fingerprint density at radius 2 is 2.04 bits per heavy atom. The first-order valence-electron chi connectivity index (χ1n) is 9.44. The predicted octanol–water partition coefficient (Wildman–Crippen LogP) is 1.86. The van der Waals surface area contributed by atoms with Gasteiger partial charge in [-0.15, -0.1) is 0 Å². The Balaban J connectivity index is 1.62. The molecule has 2 aliphatic heterocycles. The Hall–Kier alpha value is -1.63. The minimum absolute atomic E-state index is 0.0371. The number of aliphatic hydroxyl groups is 1. The maximum absolute atomic E-state index is 13.0. The van der Waals surface area contributed by atoms with Crippen LogP contribution in [0.15, 0.2) is 24.3 Å². The fourth-order valence-corrected chi connectivity index (χ4v) is 4.45. The Bertz CT molecular complexity index is 701. The number of halogens is 1. The second-order valence-corrected chi connectivity index (χ2v) is 8.54. The fourth-order valence-electron chi connectivity index (χ4n) is 4.26. The maximum atomic E-state index is 13.0. The van der Waals surface area contributed by atoms with Crippen molar-refractivity contribution in [2.75, 3.05) is 51.8 Å². The smallest absolute Gasteiger partial charge is 0.228 e. The van der Waals surface area contributed by atoms with E-state index >= 15 is 0 Å². The van der Waals surface area contributed by atoms with E-state index in [1.165, 1.54) is 0 Å². The summed E-state index contributed by atoms with van der Waals surface area (Å²) in [5.74, 6) is -0.304. The van der Waals surface area contributed by atoms with Crippen LogP contribution in [0.3, 0.4) is 0 Å². The highest BCUT2D eigenvalue weighted by Gasteiger charge is 2.41. The normalized spacial score (nSPS) is 22.6. The van der Waals surface area contributed by atoms with Gasteiger partial charge in [0.25, 0.3) is 0 Å². The number of likely N-dealkylation sites (tertiary alicyclic amines) is 1. The average molecular weight is 394 g/mol. The number of carbonyl (C=O) groups excluding carboxylic acids is 2. The van der Waals surface area contributed by atoms with E-state index in [-0.39, 0.29) is 36.2 Å². The molecular weight excluding hydrogens is 366 g/mol. The molecule has 0 bridgehead atoms. The van der Waals surface area contributed by atoms with Gasteiger partial charge in [-0.25, -0.2) is 0 Å². The maximum Gasteiger partial charge on any atom is 0.228 e. The topological polar surface area (TPSA) is 64.1 Å². The molecule has 6 nitrogen and oxygen atoms in total. The van der Waals surface area contributed by atoms with Crippen molar-refractivity contribution in [1.29, 1.82) is 0 Å². The Morgan fingerprint density at radius 3 is 2.63 bits per heavy atom. The number of carbonyl (C=O) groups is 2. The van der Waals surface area contributed by atoms with Crippen molar-refractivity contribution in [1.82, 2.24) is 9.80 Å². The molecule has 0 aromatic heterocycles. The highest BCUT2D eigenvalue weighted by Crippen LogP contribution is 2.34. The number of amides is 2. The highest BCUT2D eigenvalue weighted by atomic mass is 35.5. The van der Waals surface area contributed by atoms with Gasteiger partial charge in [-0.3, -0.25) is 9.59 Å². The minimum atomic E-state index is -0.313. The fraction of sp³-hybridized carbons (Fsp3) is 0.600. The molecule has 2 amide bonds. The predicted molar refractivity (Wildman–Crippen MR) is 106 cm³/mol. The summed E-state index contributed by atoms with van der Waals surface area (Å²) in [4.78, 5) is 31.0. The van der Waals surface area contributed by atoms with Crippen LogP contribution in [0.25, 0.3) is 0 Å². The van der Waals surface area contributed by atoms with E-state index in [9.17, 15) is 14.7 Å². The Labute approximate surface area is 165 Å². The summed E-state index contributed by atoms with van der Waals surface area (Å²) in [6.45, 7) is 2.62. The van der Waals surface area contributed by atoms with Crippen molar-refractivity contribution in [3.8, 4) is 0 Å². The van der Waals surface area contributed by atoms with E-state index in [1.807, 2.05) is 31.1 Å². The largest absolute Gasteiger partial charge is 0.396 e. The van der Waals surface area contributed by atoms with Gasteiger partial charge < -0.3 is 19.8 Å². The summed E-state index contributed by atoms with van der Waals surface area (Å²) in [7, 11) is 4.01. The van der Waals surface area contributed by atoms with Gasteiger partial charge in [0.15, 0.2) is 0 Å². The molecule has 2 saturated heterocycles. The highest BCUT2D eigenvalue weighted by molar-refractivity contribution is 6.31.